The molecule has 0 radical (unpaired) electrons. The van der Waals surface area contributed by atoms with Crippen LogP contribution in [0.25, 0.3) is 0 Å². The number of amides is 1. The number of hydrogen-bond acceptors (Lipinski definition) is 4. The maximum atomic E-state index is 12.0. The molecule has 2 aliphatic rings. The normalized spacial score (nSPS) is 18.6. The Labute approximate surface area is 188 Å². The lowest BCUT2D eigenvalue weighted by atomic mass is 10.2. The molecule has 0 spiro atoms. The van der Waals surface area contributed by atoms with Crippen LogP contribution < -0.4 is 10.6 Å². The highest BCUT2D eigenvalue weighted by Crippen LogP contribution is 2.18. The average molecular weight is 508 g/mol. The molecule has 164 valence electrons. The van der Waals surface area contributed by atoms with Crippen molar-refractivity contribution >= 4 is 35.8 Å². The Balaban J connectivity index is 0.00000392. The van der Waals surface area contributed by atoms with Crippen molar-refractivity contribution in [3.8, 4) is 0 Å². The molecular formula is C20H41IN6O. The molecule has 28 heavy (non-hydrogen) atoms. The van der Waals surface area contributed by atoms with Crippen LogP contribution in [0.4, 0.5) is 0 Å². The number of nitrogens with zero attached hydrogens (tertiary/aromatic N) is 4. The van der Waals surface area contributed by atoms with Crippen LogP contribution >= 0.6 is 24.0 Å². The van der Waals surface area contributed by atoms with Crippen LogP contribution in [0.5, 0.6) is 0 Å². The molecule has 0 bridgehead atoms. The fourth-order valence-corrected chi connectivity index (χ4v) is 3.73. The second-order valence-corrected chi connectivity index (χ2v) is 8.36. The summed E-state index contributed by atoms with van der Waals surface area (Å²) in [6, 6.07) is 1.60. The van der Waals surface area contributed by atoms with E-state index in [9.17, 15) is 4.79 Å². The summed E-state index contributed by atoms with van der Waals surface area (Å²) in [5.41, 5.74) is 0. The standard InChI is InChI=1S/C20H40N6O.HI/c1-16(2)26(17(3)4)10-6-9-22-20(21-5)25-13-11-24(12-14-25)15-19(27)23-18-7-8-18;/h16-18H,6-15H2,1-5H3,(H,21,22)(H,23,27);1H. The minimum Gasteiger partial charge on any atom is -0.356 e. The largest absolute Gasteiger partial charge is 0.356 e. The maximum Gasteiger partial charge on any atom is 0.234 e. The van der Waals surface area contributed by atoms with E-state index < -0.39 is 0 Å². The molecule has 1 amide bonds. The van der Waals surface area contributed by atoms with E-state index in [1.54, 1.807) is 0 Å². The summed E-state index contributed by atoms with van der Waals surface area (Å²) in [5, 5.41) is 6.58. The van der Waals surface area contributed by atoms with Crippen molar-refractivity contribution in [2.45, 2.75) is 65.1 Å². The first-order valence-electron chi connectivity index (χ1n) is 10.6. The topological polar surface area (TPSA) is 63.2 Å². The molecule has 0 aromatic heterocycles. The van der Waals surface area contributed by atoms with Gasteiger partial charge in [0.25, 0.3) is 0 Å². The Hall–Kier alpha value is -0.610. The lowest BCUT2D eigenvalue weighted by Crippen LogP contribution is -2.54. The van der Waals surface area contributed by atoms with Crippen molar-refractivity contribution in [2.24, 2.45) is 4.99 Å². The Kier molecular flexibility index (Phi) is 11.7. The Morgan fingerprint density at radius 1 is 1.11 bits per heavy atom. The van der Waals surface area contributed by atoms with E-state index in [4.69, 9.17) is 0 Å². The fourth-order valence-electron chi connectivity index (χ4n) is 3.73. The molecule has 1 aliphatic heterocycles. The summed E-state index contributed by atoms with van der Waals surface area (Å²) in [7, 11) is 1.85. The van der Waals surface area contributed by atoms with Gasteiger partial charge in [0, 0.05) is 64.4 Å². The summed E-state index contributed by atoms with van der Waals surface area (Å²) in [4.78, 5) is 23.5. The average Bonchev–Trinajstić information content (AvgIpc) is 3.42. The Morgan fingerprint density at radius 3 is 2.21 bits per heavy atom. The van der Waals surface area contributed by atoms with Gasteiger partial charge in [-0.2, -0.15) is 0 Å². The molecule has 0 aromatic carbocycles. The van der Waals surface area contributed by atoms with Crippen molar-refractivity contribution in [2.75, 3.05) is 52.9 Å². The molecule has 1 saturated carbocycles. The molecule has 2 fully saturated rings. The smallest absolute Gasteiger partial charge is 0.234 e. The minimum atomic E-state index is 0. The van der Waals surface area contributed by atoms with Crippen molar-refractivity contribution in [1.29, 1.82) is 0 Å². The van der Waals surface area contributed by atoms with Crippen LogP contribution in [0.3, 0.4) is 0 Å². The number of piperazine rings is 1. The van der Waals surface area contributed by atoms with Gasteiger partial charge in [0.2, 0.25) is 5.91 Å². The zero-order valence-corrected chi connectivity index (χ0v) is 20.7. The summed E-state index contributed by atoms with van der Waals surface area (Å²) >= 11 is 0. The van der Waals surface area contributed by atoms with Crippen LogP contribution in [0.1, 0.15) is 47.0 Å². The number of rotatable bonds is 9. The second-order valence-electron chi connectivity index (χ2n) is 8.36. The highest BCUT2D eigenvalue weighted by atomic mass is 127. The lowest BCUT2D eigenvalue weighted by molar-refractivity contribution is -0.122. The SMILES string of the molecule is CN=C(NCCCN(C(C)C)C(C)C)N1CCN(CC(=O)NC2CC2)CC1.I. The molecule has 2 rings (SSSR count). The van der Waals surface area contributed by atoms with Crippen LogP contribution in [0, 0.1) is 0 Å². The van der Waals surface area contributed by atoms with Gasteiger partial charge in [-0.15, -0.1) is 24.0 Å². The minimum absolute atomic E-state index is 0. The predicted molar refractivity (Wildman–Crippen MR) is 128 cm³/mol. The molecule has 1 heterocycles. The molecule has 1 aliphatic carbocycles. The second kappa shape index (κ2) is 12.8. The fraction of sp³-hybridized carbons (Fsp3) is 0.900. The van der Waals surface area contributed by atoms with Gasteiger partial charge in [0.1, 0.15) is 0 Å². The summed E-state index contributed by atoms with van der Waals surface area (Å²) in [5.74, 6) is 1.16. The van der Waals surface area contributed by atoms with Crippen molar-refractivity contribution in [1.82, 2.24) is 25.3 Å². The zero-order valence-electron chi connectivity index (χ0n) is 18.4. The number of guanidine groups is 1. The third-order valence-electron chi connectivity index (χ3n) is 5.40. The molecule has 8 heteroatoms. The van der Waals surface area contributed by atoms with Gasteiger partial charge in [0.05, 0.1) is 6.54 Å². The highest BCUT2D eigenvalue weighted by molar-refractivity contribution is 14.0. The maximum absolute atomic E-state index is 12.0. The Bertz CT molecular complexity index is 479. The van der Waals surface area contributed by atoms with Crippen LogP contribution in [0.15, 0.2) is 4.99 Å². The van der Waals surface area contributed by atoms with Gasteiger partial charge in [-0.25, -0.2) is 0 Å². The van der Waals surface area contributed by atoms with Crippen LogP contribution in [0.2, 0.25) is 0 Å². The number of carbonyl (C=O) groups excluding carboxylic acids is 1. The highest BCUT2D eigenvalue weighted by Gasteiger charge is 2.25. The predicted octanol–water partition coefficient (Wildman–Crippen LogP) is 1.58. The molecular weight excluding hydrogens is 467 g/mol. The number of halogens is 1. The first-order chi connectivity index (χ1) is 12.9. The van der Waals surface area contributed by atoms with Crippen molar-refractivity contribution in [3.63, 3.8) is 0 Å². The van der Waals surface area contributed by atoms with E-state index in [-0.39, 0.29) is 29.9 Å². The number of carbonyl (C=O) groups is 1. The van der Waals surface area contributed by atoms with E-state index >= 15 is 0 Å². The first kappa shape index (κ1) is 25.4. The summed E-state index contributed by atoms with van der Waals surface area (Å²) < 4.78 is 0. The quantitative estimate of drug-likeness (QED) is 0.215. The first-order valence-corrected chi connectivity index (χ1v) is 10.6. The van der Waals surface area contributed by atoms with Gasteiger partial charge < -0.3 is 15.5 Å². The van der Waals surface area contributed by atoms with Gasteiger partial charge in [0.15, 0.2) is 5.96 Å². The van der Waals surface area contributed by atoms with Crippen LogP contribution in [-0.2, 0) is 4.79 Å². The number of nitrogens with one attached hydrogen (secondary N) is 2. The van der Waals surface area contributed by atoms with Gasteiger partial charge in [-0.3, -0.25) is 19.6 Å². The van der Waals surface area contributed by atoms with E-state index in [0.717, 1.165) is 64.5 Å². The molecule has 1 saturated heterocycles. The van der Waals surface area contributed by atoms with E-state index in [2.05, 4.69) is 58.0 Å². The third kappa shape index (κ3) is 8.82. The summed E-state index contributed by atoms with van der Waals surface area (Å²) in [6.45, 7) is 15.3. The van der Waals surface area contributed by atoms with Gasteiger partial charge >= 0.3 is 0 Å². The molecule has 0 atom stereocenters. The molecule has 7 nitrogen and oxygen atoms in total. The van der Waals surface area contributed by atoms with Crippen molar-refractivity contribution < 1.29 is 4.79 Å². The zero-order chi connectivity index (χ0) is 19.8. The van der Waals surface area contributed by atoms with Gasteiger partial charge in [-0.1, -0.05) is 0 Å². The molecule has 2 N–H and O–H groups in total. The number of aliphatic imine (C=N–C) groups is 1. The van der Waals surface area contributed by atoms with Crippen molar-refractivity contribution in [3.05, 3.63) is 0 Å². The molecule has 0 unspecified atom stereocenters. The summed E-state index contributed by atoms with van der Waals surface area (Å²) in [6.07, 6.45) is 3.40. The Morgan fingerprint density at radius 2 is 1.71 bits per heavy atom. The van der Waals surface area contributed by atoms with E-state index in [0.29, 0.717) is 24.7 Å². The monoisotopic (exact) mass is 508 g/mol. The number of hydrogen-bond donors (Lipinski definition) is 2. The van der Waals surface area contributed by atoms with Gasteiger partial charge in [-0.05, 0) is 47.0 Å². The van der Waals surface area contributed by atoms with Crippen LogP contribution in [-0.4, -0.2) is 97.6 Å². The third-order valence-corrected chi connectivity index (χ3v) is 5.40. The van der Waals surface area contributed by atoms with E-state index in [1.807, 2.05) is 7.05 Å². The molecule has 0 aromatic rings. The lowest BCUT2D eigenvalue weighted by Gasteiger charge is -2.36. The van der Waals surface area contributed by atoms with E-state index in [1.165, 1.54) is 0 Å².